The van der Waals surface area contributed by atoms with E-state index in [1.165, 1.54) is 89.9 Å². The summed E-state index contributed by atoms with van der Waals surface area (Å²) < 4.78 is 6.01. The van der Waals surface area contributed by atoms with E-state index in [4.69, 9.17) is 9.84 Å². The van der Waals surface area contributed by atoms with Crippen LogP contribution in [0, 0.1) is 0 Å². The standard InChI is InChI=1S/C50H85NO5/c1-3-5-7-9-11-13-15-17-19-20-21-22-24-26-28-30-32-37-41-45-50(55)56-47(43-39-35-33-36-40-44-48(52)51-46-49(53)54)42-38-34-31-29-27-25-23-18-16-14-12-10-8-6-4-2/h5,7,11,13,17,19,21-22,26,28,32,37,47H,3-4,6,8-10,12,14-16,18,20,23-25,27,29-31,33-36,38-46H2,1-2H3,(H,51,52)(H,53,54)/b7-5-,13-11-,19-17-,22-21-,28-26-,37-32-. The Labute approximate surface area is 344 Å². The van der Waals surface area contributed by atoms with Crippen LogP contribution in [-0.4, -0.2) is 35.6 Å². The Morgan fingerprint density at radius 3 is 1.27 bits per heavy atom. The number of nitrogens with one attached hydrogen (secondary N) is 1. The van der Waals surface area contributed by atoms with Gasteiger partial charge in [0.1, 0.15) is 12.6 Å². The SMILES string of the molecule is CC/C=C\C/C=C\C/C=C\C/C=C\C/C=C\C/C=C\CCC(=O)OC(CCCCCCCCCCCCCCCCC)CCCCCCCC(=O)NCC(=O)O. The molecular weight excluding hydrogens is 695 g/mol. The van der Waals surface area contributed by atoms with Crippen LogP contribution >= 0.6 is 0 Å². The monoisotopic (exact) mass is 780 g/mol. The van der Waals surface area contributed by atoms with Crippen LogP contribution in [-0.2, 0) is 19.1 Å². The number of hydrogen-bond donors (Lipinski definition) is 2. The second-order valence-corrected chi connectivity index (χ2v) is 15.3. The summed E-state index contributed by atoms with van der Waals surface area (Å²) in [5, 5.41) is 11.1. The van der Waals surface area contributed by atoms with E-state index in [2.05, 4.69) is 92.1 Å². The van der Waals surface area contributed by atoms with Gasteiger partial charge in [0.2, 0.25) is 5.91 Å². The lowest BCUT2D eigenvalue weighted by atomic mass is 10.0. The largest absolute Gasteiger partial charge is 0.480 e. The summed E-state index contributed by atoms with van der Waals surface area (Å²) in [6.07, 6.45) is 60.3. The highest BCUT2D eigenvalue weighted by Gasteiger charge is 2.14. The Balaban J connectivity index is 4.30. The van der Waals surface area contributed by atoms with E-state index in [0.717, 1.165) is 89.9 Å². The van der Waals surface area contributed by atoms with Crippen LogP contribution in [0.25, 0.3) is 0 Å². The number of aliphatic carboxylic acids is 1. The maximum atomic E-state index is 12.8. The number of rotatable bonds is 41. The topological polar surface area (TPSA) is 92.7 Å². The van der Waals surface area contributed by atoms with Gasteiger partial charge in [-0.3, -0.25) is 14.4 Å². The predicted molar refractivity (Wildman–Crippen MR) is 240 cm³/mol. The maximum absolute atomic E-state index is 12.8. The van der Waals surface area contributed by atoms with Crippen LogP contribution in [0.5, 0.6) is 0 Å². The first-order valence-electron chi connectivity index (χ1n) is 23.1. The van der Waals surface area contributed by atoms with Crippen molar-refractivity contribution >= 4 is 17.8 Å². The predicted octanol–water partition coefficient (Wildman–Crippen LogP) is 14.6. The lowest BCUT2D eigenvalue weighted by Gasteiger charge is -2.18. The molecule has 56 heavy (non-hydrogen) atoms. The second kappa shape index (κ2) is 44.6. The molecule has 0 radical (unpaired) electrons. The van der Waals surface area contributed by atoms with Crippen molar-refractivity contribution in [2.45, 2.75) is 219 Å². The molecule has 0 saturated heterocycles. The Morgan fingerprint density at radius 1 is 0.482 bits per heavy atom. The fraction of sp³-hybridized carbons (Fsp3) is 0.700. The summed E-state index contributed by atoms with van der Waals surface area (Å²) >= 11 is 0. The van der Waals surface area contributed by atoms with Crippen LogP contribution < -0.4 is 5.32 Å². The van der Waals surface area contributed by atoms with Crippen molar-refractivity contribution in [1.29, 1.82) is 0 Å². The number of allylic oxidation sites excluding steroid dienone is 12. The molecule has 0 aliphatic rings. The number of carboxylic acids is 1. The summed E-state index contributed by atoms with van der Waals surface area (Å²) in [6, 6.07) is 0. The molecule has 0 spiro atoms. The van der Waals surface area contributed by atoms with Gasteiger partial charge < -0.3 is 15.2 Å². The van der Waals surface area contributed by atoms with E-state index in [-0.39, 0.29) is 24.5 Å². The number of carboxylic acid groups (broad SMARTS) is 1. The number of carbonyl (C=O) groups excluding carboxylic acids is 2. The molecule has 6 nitrogen and oxygen atoms in total. The summed E-state index contributed by atoms with van der Waals surface area (Å²) in [7, 11) is 0. The molecule has 0 aromatic rings. The number of ether oxygens (including phenoxy) is 1. The highest BCUT2D eigenvalue weighted by molar-refractivity contribution is 5.80. The zero-order valence-corrected chi connectivity index (χ0v) is 36.2. The van der Waals surface area contributed by atoms with Crippen LogP contribution in [0.3, 0.4) is 0 Å². The van der Waals surface area contributed by atoms with E-state index in [9.17, 15) is 14.4 Å². The first kappa shape index (κ1) is 52.9. The highest BCUT2D eigenvalue weighted by Crippen LogP contribution is 2.19. The third-order valence-electron chi connectivity index (χ3n) is 9.91. The molecule has 320 valence electrons. The lowest BCUT2D eigenvalue weighted by Crippen LogP contribution is -2.28. The van der Waals surface area contributed by atoms with Crippen molar-refractivity contribution < 1.29 is 24.2 Å². The Hall–Kier alpha value is -3.15. The van der Waals surface area contributed by atoms with Crippen molar-refractivity contribution in [3.63, 3.8) is 0 Å². The van der Waals surface area contributed by atoms with Gasteiger partial charge >= 0.3 is 11.9 Å². The summed E-state index contributed by atoms with van der Waals surface area (Å²) in [5.41, 5.74) is 0. The summed E-state index contributed by atoms with van der Waals surface area (Å²) in [5.74, 6) is -1.32. The number of hydrogen-bond acceptors (Lipinski definition) is 4. The molecule has 0 aromatic carbocycles. The van der Waals surface area contributed by atoms with Gasteiger partial charge in [0.05, 0.1) is 0 Å². The minimum absolute atomic E-state index is 0.0171. The average Bonchev–Trinajstić information content (AvgIpc) is 3.18. The average molecular weight is 780 g/mol. The molecule has 1 amide bonds. The summed E-state index contributed by atoms with van der Waals surface area (Å²) in [6.45, 7) is 4.11. The van der Waals surface area contributed by atoms with Crippen LogP contribution in [0.4, 0.5) is 0 Å². The molecule has 0 heterocycles. The third-order valence-corrected chi connectivity index (χ3v) is 9.91. The molecule has 2 N–H and O–H groups in total. The fourth-order valence-electron chi connectivity index (χ4n) is 6.54. The molecule has 0 aliphatic carbocycles. The molecule has 0 fully saturated rings. The highest BCUT2D eigenvalue weighted by atomic mass is 16.5. The molecule has 0 aliphatic heterocycles. The molecule has 0 aromatic heterocycles. The van der Waals surface area contributed by atoms with Gasteiger partial charge in [-0.25, -0.2) is 0 Å². The minimum Gasteiger partial charge on any atom is -0.480 e. The molecule has 1 atom stereocenters. The van der Waals surface area contributed by atoms with Crippen molar-refractivity contribution in [3.05, 3.63) is 72.9 Å². The first-order chi connectivity index (χ1) is 27.5. The quantitative estimate of drug-likeness (QED) is 0.0366. The Bertz CT molecular complexity index is 1090. The third kappa shape index (κ3) is 43.6. The number of unbranched alkanes of at least 4 members (excludes halogenated alkanes) is 18. The zero-order chi connectivity index (χ0) is 40.8. The maximum Gasteiger partial charge on any atom is 0.322 e. The lowest BCUT2D eigenvalue weighted by molar-refractivity contribution is -0.149. The van der Waals surface area contributed by atoms with Gasteiger partial charge in [0.25, 0.3) is 0 Å². The Kier molecular flexibility index (Phi) is 42.1. The van der Waals surface area contributed by atoms with Crippen LogP contribution in [0.1, 0.15) is 213 Å². The molecule has 6 heteroatoms. The zero-order valence-electron chi connectivity index (χ0n) is 36.2. The number of carbonyl (C=O) groups is 3. The summed E-state index contributed by atoms with van der Waals surface area (Å²) in [4.78, 5) is 35.1. The van der Waals surface area contributed by atoms with E-state index in [0.29, 0.717) is 19.3 Å². The van der Waals surface area contributed by atoms with Crippen LogP contribution in [0.15, 0.2) is 72.9 Å². The molecule has 1 unspecified atom stereocenters. The second-order valence-electron chi connectivity index (χ2n) is 15.3. The van der Waals surface area contributed by atoms with E-state index < -0.39 is 5.97 Å². The Morgan fingerprint density at radius 2 is 0.857 bits per heavy atom. The first-order valence-corrected chi connectivity index (χ1v) is 23.1. The van der Waals surface area contributed by atoms with Crippen molar-refractivity contribution in [1.82, 2.24) is 5.32 Å². The van der Waals surface area contributed by atoms with Crippen molar-refractivity contribution in [2.75, 3.05) is 6.54 Å². The van der Waals surface area contributed by atoms with Gasteiger partial charge in [0.15, 0.2) is 0 Å². The van der Waals surface area contributed by atoms with Crippen molar-refractivity contribution in [2.24, 2.45) is 0 Å². The number of amides is 1. The fourth-order valence-corrected chi connectivity index (χ4v) is 6.54. The van der Waals surface area contributed by atoms with E-state index >= 15 is 0 Å². The van der Waals surface area contributed by atoms with E-state index in [1.54, 1.807) is 0 Å². The minimum atomic E-state index is -1.02. The number of esters is 1. The van der Waals surface area contributed by atoms with Gasteiger partial charge in [-0.05, 0) is 77.0 Å². The van der Waals surface area contributed by atoms with Crippen molar-refractivity contribution in [3.8, 4) is 0 Å². The van der Waals surface area contributed by atoms with E-state index in [1.807, 2.05) is 0 Å². The van der Waals surface area contributed by atoms with Gasteiger partial charge in [-0.2, -0.15) is 0 Å². The molecule has 0 bridgehead atoms. The molecule has 0 rings (SSSR count). The molecular formula is C50H85NO5. The molecule has 0 saturated carbocycles. The normalized spacial score (nSPS) is 12.8. The van der Waals surface area contributed by atoms with Gasteiger partial charge in [-0.15, -0.1) is 0 Å². The van der Waals surface area contributed by atoms with Crippen LogP contribution in [0.2, 0.25) is 0 Å². The van der Waals surface area contributed by atoms with Gasteiger partial charge in [-0.1, -0.05) is 196 Å². The smallest absolute Gasteiger partial charge is 0.322 e. The van der Waals surface area contributed by atoms with Gasteiger partial charge in [0, 0.05) is 12.8 Å².